The van der Waals surface area contributed by atoms with Crippen molar-refractivity contribution in [1.29, 1.82) is 0 Å². The van der Waals surface area contributed by atoms with Gasteiger partial charge in [0.05, 0.1) is 12.1 Å². The lowest BCUT2D eigenvalue weighted by Gasteiger charge is -2.28. The fraction of sp³-hybridized carbons (Fsp3) is 0.619. The van der Waals surface area contributed by atoms with Gasteiger partial charge in [-0.25, -0.2) is 19.9 Å². The molecule has 8 heteroatoms. The molecule has 0 spiro atoms. The Hall–Kier alpha value is -2.32. The molecule has 0 amide bonds. The number of hydrogen-bond donors (Lipinski definition) is 3. The van der Waals surface area contributed by atoms with Crippen LogP contribution in [0.1, 0.15) is 93.9 Å². The summed E-state index contributed by atoms with van der Waals surface area (Å²) >= 11 is 0. The van der Waals surface area contributed by atoms with Gasteiger partial charge in [0.1, 0.15) is 29.1 Å². The molecular weight excluding hydrogens is 364 g/mol. The lowest BCUT2D eigenvalue weighted by Crippen LogP contribution is -2.24. The molecule has 2 rings (SSSR count). The zero-order chi connectivity index (χ0) is 22.0. The highest BCUT2D eigenvalue weighted by molar-refractivity contribution is 5.69. The molecule has 8 nitrogen and oxygen atoms in total. The van der Waals surface area contributed by atoms with E-state index in [1.54, 1.807) is 0 Å². The number of nitrogens with zero attached hydrogens (tertiary/aromatic N) is 5. The third-order valence-corrected chi connectivity index (χ3v) is 4.92. The minimum absolute atomic E-state index is 0.204. The summed E-state index contributed by atoms with van der Waals surface area (Å²) in [5, 5.41) is 3.21. The molecule has 2 aromatic rings. The lowest BCUT2D eigenvalue weighted by atomic mass is 10.00. The molecule has 2 atom stereocenters. The summed E-state index contributed by atoms with van der Waals surface area (Å²) in [6, 6.07) is -0.545. The van der Waals surface area contributed by atoms with Gasteiger partial charge in [-0.3, -0.25) is 0 Å². The summed E-state index contributed by atoms with van der Waals surface area (Å²) in [4.78, 5) is 21.0. The zero-order valence-electron chi connectivity index (χ0n) is 19.2. The Morgan fingerprint density at radius 2 is 1.21 bits per heavy atom. The van der Waals surface area contributed by atoms with Crippen LogP contribution in [0.4, 0.5) is 17.5 Å². The maximum Gasteiger partial charge on any atom is 0.149 e. The van der Waals surface area contributed by atoms with Crippen LogP contribution in [-0.2, 0) is 0 Å². The van der Waals surface area contributed by atoms with E-state index in [9.17, 15) is 0 Å². The molecule has 0 aliphatic carbocycles. The quantitative estimate of drug-likeness (QED) is 0.644. The van der Waals surface area contributed by atoms with Gasteiger partial charge in [0.25, 0.3) is 0 Å². The van der Waals surface area contributed by atoms with E-state index >= 15 is 0 Å². The maximum atomic E-state index is 6.12. The highest BCUT2D eigenvalue weighted by Gasteiger charge is 2.26. The maximum absolute atomic E-state index is 6.12. The summed E-state index contributed by atoms with van der Waals surface area (Å²) in [6.45, 7) is 14.3. The smallest absolute Gasteiger partial charge is 0.149 e. The van der Waals surface area contributed by atoms with E-state index < -0.39 is 0 Å². The van der Waals surface area contributed by atoms with Crippen molar-refractivity contribution >= 4 is 17.5 Å². The van der Waals surface area contributed by atoms with Crippen molar-refractivity contribution in [3.05, 3.63) is 28.5 Å². The summed E-state index contributed by atoms with van der Waals surface area (Å²) in [7, 11) is 3.85. The number of nitrogens with two attached hydrogens (primary N) is 2. The Labute approximate surface area is 174 Å². The third kappa shape index (κ3) is 4.64. The molecule has 0 saturated heterocycles. The Bertz CT molecular complexity index is 858. The van der Waals surface area contributed by atoms with Gasteiger partial charge in [-0.15, -0.1) is 0 Å². The van der Waals surface area contributed by atoms with Crippen LogP contribution in [0.25, 0.3) is 0 Å². The second-order valence-corrected chi connectivity index (χ2v) is 8.27. The van der Waals surface area contributed by atoms with E-state index in [0.29, 0.717) is 11.6 Å². The van der Waals surface area contributed by atoms with Gasteiger partial charge in [0.15, 0.2) is 0 Å². The standard InChI is InChI=1S/C21H36N8/c1-10(2)15-14(7)25-17(12(5)22)27-20(15)29(9)21-16(11(3)4)19(24-8)26-18(28-21)13(6)23/h10-13H,22-23H2,1-9H3,(H,24,26,28)/t12?,13-/m0/s1. The second kappa shape index (κ2) is 9.00. The van der Waals surface area contributed by atoms with Crippen molar-refractivity contribution in [3.8, 4) is 0 Å². The first kappa shape index (κ1) is 23.0. The van der Waals surface area contributed by atoms with Gasteiger partial charge in [-0.1, -0.05) is 27.7 Å². The first-order valence-corrected chi connectivity index (χ1v) is 10.2. The fourth-order valence-corrected chi connectivity index (χ4v) is 3.48. The summed E-state index contributed by atoms with van der Waals surface area (Å²) < 4.78 is 0. The lowest BCUT2D eigenvalue weighted by molar-refractivity contribution is 0.708. The third-order valence-electron chi connectivity index (χ3n) is 4.92. The molecule has 5 N–H and O–H groups in total. The molecular formula is C21H36N8. The van der Waals surface area contributed by atoms with Gasteiger partial charge in [0, 0.05) is 30.9 Å². The van der Waals surface area contributed by atoms with E-state index in [0.717, 1.165) is 34.3 Å². The number of aromatic nitrogens is 4. The molecule has 2 heterocycles. The first-order valence-electron chi connectivity index (χ1n) is 10.2. The molecule has 1 unspecified atom stereocenters. The van der Waals surface area contributed by atoms with Gasteiger partial charge in [0.2, 0.25) is 0 Å². The van der Waals surface area contributed by atoms with Gasteiger partial charge < -0.3 is 21.7 Å². The van der Waals surface area contributed by atoms with Crippen molar-refractivity contribution in [3.63, 3.8) is 0 Å². The molecule has 0 aromatic carbocycles. The summed E-state index contributed by atoms with van der Waals surface area (Å²) in [6.07, 6.45) is 0. The monoisotopic (exact) mass is 400 g/mol. The topological polar surface area (TPSA) is 119 Å². The Morgan fingerprint density at radius 1 is 0.759 bits per heavy atom. The molecule has 0 aliphatic rings. The number of rotatable bonds is 7. The minimum Gasteiger partial charge on any atom is -0.373 e. The highest BCUT2D eigenvalue weighted by atomic mass is 15.2. The Morgan fingerprint density at radius 3 is 1.62 bits per heavy atom. The predicted molar refractivity (Wildman–Crippen MR) is 120 cm³/mol. The fourth-order valence-electron chi connectivity index (χ4n) is 3.48. The molecule has 0 bridgehead atoms. The van der Waals surface area contributed by atoms with Gasteiger partial charge in [-0.2, -0.15) is 0 Å². The van der Waals surface area contributed by atoms with Crippen LogP contribution in [-0.4, -0.2) is 34.0 Å². The van der Waals surface area contributed by atoms with Crippen LogP contribution in [0, 0.1) is 6.92 Å². The van der Waals surface area contributed by atoms with Crippen LogP contribution < -0.4 is 21.7 Å². The van der Waals surface area contributed by atoms with Crippen molar-refractivity contribution in [2.75, 3.05) is 24.3 Å². The molecule has 2 aromatic heterocycles. The molecule has 160 valence electrons. The molecule has 0 fully saturated rings. The average Bonchev–Trinajstić information content (AvgIpc) is 2.64. The summed E-state index contributed by atoms with van der Waals surface area (Å²) in [5.74, 6) is 4.06. The number of anilines is 3. The SMILES string of the molecule is CNc1nc([C@H](C)N)nc(N(C)c2nc(C(C)N)nc(C)c2C(C)C)c1C(C)C. The molecule has 0 radical (unpaired) electrons. The summed E-state index contributed by atoms with van der Waals surface area (Å²) in [5.41, 5.74) is 15.3. The van der Waals surface area contributed by atoms with Crippen molar-refractivity contribution in [2.45, 2.75) is 72.4 Å². The molecule has 0 saturated carbocycles. The minimum atomic E-state index is -0.285. The first-order chi connectivity index (χ1) is 13.5. The van der Waals surface area contributed by atoms with Crippen LogP contribution in [0.15, 0.2) is 0 Å². The molecule has 29 heavy (non-hydrogen) atoms. The Balaban J connectivity index is 2.83. The largest absolute Gasteiger partial charge is 0.373 e. The number of aryl methyl sites for hydroxylation is 1. The molecule has 0 aliphatic heterocycles. The van der Waals surface area contributed by atoms with Crippen molar-refractivity contribution in [2.24, 2.45) is 11.5 Å². The highest BCUT2D eigenvalue weighted by Crippen LogP contribution is 2.38. The second-order valence-electron chi connectivity index (χ2n) is 8.27. The van der Waals surface area contributed by atoms with E-state index in [1.807, 2.05) is 39.8 Å². The van der Waals surface area contributed by atoms with E-state index in [1.165, 1.54) is 0 Å². The van der Waals surface area contributed by atoms with Gasteiger partial charge >= 0.3 is 0 Å². The van der Waals surface area contributed by atoms with Crippen molar-refractivity contribution in [1.82, 2.24) is 19.9 Å². The Kier molecular flexibility index (Phi) is 7.13. The van der Waals surface area contributed by atoms with Gasteiger partial charge in [-0.05, 0) is 32.6 Å². The van der Waals surface area contributed by atoms with Crippen molar-refractivity contribution < 1.29 is 0 Å². The normalized spacial score (nSPS) is 13.7. The number of hydrogen-bond acceptors (Lipinski definition) is 8. The van der Waals surface area contributed by atoms with E-state index in [4.69, 9.17) is 21.4 Å². The van der Waals surface area contributed by atoms with Crippen LogP contribution in [0.3, 0.4) is 0 Å². The predicted octanol–water partition coefficient (Wildman–Crippen LogP) is 3.67. The van der Waals surface area contributed by atoms with Crippen LogP contribution in [0.2, 0.25) is 0 Å². The van der Waals surface area contributed by atoms with E-state index in [2.05, 4.69) is 43.0 Å². The van der Waals surface area contributed by atoms with Crippen LogP contribution >= 0.6 is 0 Å². The zero-order valence-corrected chi connectivity index (χ0v) is 19.2. The van der Waals surface area contributed by atoms with E-state index in [-0.39, 0.29) is 23.9 Å². The average molecular weight is 401 g/mol. The van der Waals surface area contributed by atoms with Crippen LogP contribution in [0.5, 0.6) is 0 Å². The number of nitrogens with one attached hydrogen (secondary N) is 1.